The van der Waals surface area contributed by atoms with E-state index in [1.165, 1.54) is 16.3 Å². The van der Waals surface area contributed by atoms with Gasteiger partial charge < -0.3 is 20.3 Å². The Labute approximate surface area is 253 Å². The lowest BCUT2D eigenvalue weighted by molar-refractivity contribution is -0.152. The molecule has 2 fully saturated rings. The predicted octanol–water partition coefficient (Wildman–Crippen LogP) is 0.688. The summed E-state index contributed by atoms with van der Waals surface area (Å²) in [6, 6.07) is 7.34. The first-order valence-electron chi connectivity index (χ1n) is 14.5. The molecule has 0 aliphatic carbocycles. The van der Waals surface area contributed by atoms with Gasteiger partial charge in [0.15, 0.2) is 5.96 Å². The Balaban J connectivity index is 1.71. The second-order valence-corrected chi connectivity index (χ2v) is 13.9. The number of hydrogen-bond donors (Lipinski definition) is 3. The quantitative estimate of drug-likeness (QED) is 0.183. The molecule has 0 aromatic heterocycles. The molecule has 0 saturated carbocycles. The Kier molecular flexibility index (Phi) is 11.3. The number of benzene rings is 1. The maximum absolute atomic E-state index is 13.9. The largest absolute Gasteiger partial charge is 0.469 e. The molecule has 2 saturated heterocycles. The average molecular weight is 621 g/mol. The summed E-state index contributed by atoms with van der Waals surface area (Å²) in [6.07, 6.45) is 3.19. The third-order valence-electron chi connectivity index (χ3n) is 8.16. The van der Waals surface area contributed by atoms with Crippen LogP contribution in [0.2, 0.25) is 0 Å². The number of sulfonamides is 1. The summed E-state index contributed by atoms with van der Waals surface area (Å²) < 4.78 is 32.4. The number of hydrogen-bond acceptors (Lipinski definition) is 8. The molecule has 0 spiro atoms. The van der Waals surface area contributed by atoms with Crippen LogP contribution in [0.25, 0.3) is 0 Å². The smallest absolute Gasteiger partial charge is 0.311 e. The van der Waals surface area contributed by atoms with Gasteiger partial charge in [0, 0.05) is 32.6 Å². The molecule has 13 nitrogen and oxygen atoms in total. The highest BCUT2D eigenvalue weighted by Gasteiger charge is 2.42. The molecule has 1 aromatic rings. The predicted molar refractivity (Wildman–Crippen MR) is 160 cm³/mol. The van der Waals surface area contributed by atoms with Gasteiger partial charge >= 0.3 is 5.97 Å². The van der Waals surface area contributed by atoms with Crippen molar-refractivity contribution in [2.24, 2.45) is 17.1 Å². The lowest BCUT2D eigenvalue weighted by atomic mass is 9.89. The van der Waals surface area contributed by atoms with Gasteiger partial charge in [-0.1, -0.05) is 30.3 Å². The molecule has 2 aliphatic rings. The molecular formula is C29H44N6O7S. The van der Waals surface area contributed by atoms with Crippen molar-refractivity contribution in [3.63, 3.8) is 0 Å². The molecule has 3 rings (SSSR count). The molecule has 14 heteroatoms. The zero-order valence-electron chi connectivity index (χ0n) is 25.4. The van der Waals surface area contributed by atoms with Crippen molar-refractivity contribution >= 4 is 39.7 Å². The van der Waals surface area contributed by atoms with Gasteiger partial charge in [0.1, 0.15) is 12.1 Å². The molecule has 2 heterocycles. The van der Waals surface area contributed by atoms with Gasteiger partial charge in [-0.3, -0.25) is 29.9 Å². The number of carbonyl (C=O) groups is 4. The number of nitrogens with one attached hydrogen (secondary N) is 2. The molecule has 2 atom stereocenters. The topological polar surface area (TPSA) is 183 Å². The van der Waals surface area contributed by atoms with E-state index >= 15 is 0 Å². The van der Waals surface area contributed by atoms with Gasteiger partial charge in [-0.25, -0.2) is 8.42 Å². The molecule has 238 valence electrons. The van der Waals surface area contributed by atoms with Crippen LogP contribution >= 0.6 is 0 Å². The van der Waals surface area contributed by atoms with Crippen LogP contribution in [0, 0.1) is 16.7 Å². The summed E-state index contributed by atoms with van der Waals surface area (Å²) >= 11 is 0. The van der Waals surface area contributed by atoms with Crippen LogP contribution in [0.4, 0.5) is 0 Å². The number of carbonyl (C=O) groups excluding carboxylic acids is 4. The first-order valence-corrected chi connectivity index (χ1v) is 16.3. The summed E-state index contributed by atoms with van der Waals surface area (Å²) in [5.74, 6) is -2.25. The number of piperidine rings is 1. The molecule has 4 N–H and O–H groups in total. The Hall–Kier alpha value is -3.52. The summed E-state index contributed by atoms with van der Waals surface area (Å²) in [5, 5.41) is 10.9. The number of methoxy groups -OCH3 is 1. The number of esters is 1. The number of ether oxygens (including phenoxy) is 1. The number of likely N-dealkylation sites (tertiary alicyclic amines) is 2. The molecule has 0 radical (unpaired) electrons. The monoisotopic (exact) mass is 620 g/mol. The highest BCUT2D eigenvalue weighted by atomic mass is 32.2. The molecule has 43 heavy (non-hydrogen) atoms. The number of guanidine groups is 1. The van der Waals surface area contributed by atoms with E-state index in [0.29, 0.717) is 45.3 Å². The highest BCUT2D eigenvalue weighted by Crippen LogP contribution is 2.26. The van der Waals surface area contributed by atoms with Gasteiger partial charge in [0.25, 0.3) is 0 Å². The molecule has 3 amide bonds. The van der Waals surface area contributed by atoms with Crippen LogP contribution in [0.5, 0.6) is 0 Å². The van der Waals surface area contributed by atoms with Gasteiger partial charge in [-0.15, -0.1) is 0 Å². The number of primary amides is 1. The fourth-order valence-electron chi connectivity index (χ4n) is 5.76. The fraction of sp³-hybridized carbons (Fsp3) is 0.621. The second-order valence-electron chi connectivity index (χ2n) is 12.0. The van der Waals surface area contributed by atoms with E-state index in [2.05, 4.69) is 5.32 Å². The van der Waals surface area contributed by atoms with E-state index in [4.69, 9.17) is 15.9 Å². The number of nitrogens with zero attached hydrogens (tertiary/aromatic N) is 3. The van der Waals surface area contributed by atoms with Crippen molar-refractivity contribution in [1.82, 2.24) is 19.4 Å². The van der Waals surface area contributed by atoms with E-state index in [-0.39, 0.29) is 31.3 Å². The minimum absolute atomic E-state index is 0.0901. The molecule has 0 bridgehead atoms. The summed E-state index contributed by atoms with van der Waals surface area (Å²) in [5.41, 5.74) is 5.32. The standard InChI is InChI=1S/C29H44N6O7S/c1-29(2,27(39)42-3)18-24(36)32-28(31)33-15-12-21(13-16-33)19-35(43(4,40)41)23(17-20-9-6-5-7-10-20)26(38)34-14-8-11-22(34)25(30)37/h5-7,9-10,21-23H,8,11-19H2,1-4H3,(H2,30,37)(H2,31,32,36)/t22-,23+/m0/s1. The Morgan fingerprint density at radius 2 is 1.74 bits per heavy atom. The SMILES string of the molecule is COC(=O)C(C)(C)CC(=O)NC(=N)N1CCC(CN([C@H](Cc2ccccc2)C(=O)N2CCC[C@H]2C(N)=O)S(C)(=O)=O)CC1. The van der Waals surface area contributed by atoms with Crippen molar-refractivity contribution in [2.75, 3.05) is 39.5 Å². The molecule has 0 unspecified atom stereocenters. The highest BCUT2D eigenvalue weighted by molar-refractivity contribution is 7.88. The molecule has 2 aliphatic heterocycles. The maximum Gasteiger partial charge on any atom is 0.311 e. The minimum Gasteiger partial charge on any atom is -0.469 e. The van der Waals surface area contributed by atoms with Crippen molar-refractivity contribution in [3.05, 3.63) is 35.9 Å². The van der Waals surface area contributed by atoms with Crippen LogP contribution in [-0.2, 0) is 40.4 Å². The minimum atomic E-state index is -3.85. The van der Waals surface area contributed by atoms with E-state index in [1.54, 1.807) is 18.7 Å². The zero-order valence-corrected chi connectivity index (χ0v) is 26.2. The van der Waals surface area contributed by atoms with Gasteiger partial charge in [0.2, 0.25) is 27.7 Å². The summed E-state index contributed by atoms with van der Waals surface area (Å²) in [6.45, 7) is 4.41. The Bertz CT molecular complexity index is 1300. The fourth-order valence-corrected chi connectivity index (χ4v) is 6.87. The number of rotatable bonds is 11. The summed E-state index contributed by atoms with van der Waals surface area (Å²) in [7, 11) is -2.60. The van der Waals surface area contributed by atoms with E-state index < -0.39 is 51.2 Å². The Morgan fingerprint density at radius 1 is 1.12 bits per heavy atom. The van der Waals surface area contributed by atoms with Crippen molar-refractivity contribution in [2.45, 2.75) is 64.5 Å². The van der Waals surface area contributed by atoms with Gasteiger partial charge in [-0.05, 0) is 57.4 Å². The molecule has 1 aromatic carbocycles. The van der Waals surface area contributed by atoms with E-state index in [0.717, 1.165) is 11.8 Å². The van der Waals surface area contributed by atoms with Crippen LogP contribution in [0.15, 0.2) is 30.3 Å². The summed E-state index contributed by atoms with van der Waals surface area (Å²) in [4.78, 5) is 53.5. The average Bonchev–Trinajstić information content (AvgIpc) is 3.44. The lowest BCUT2D eigenvalue weighted by Gasteiger charge is -2.38. The van der Waals surface area contributed by atoms with Crippen LogP contribution in [0.3, 0.4) is 0 Å². The third-order valence-corrected chi connectivity index (χ3v) is 9.42. The van der Waals surface area contributed by atoms with Crippen molar-refractivity contribution in [1.29, 1.82) is 5.41 Å². The van der Waals surface area contributed by atoms with Crippen molar-refractivity contribution in [3.8, 4) is 0 Å². The van der Waals surface area contributed by atoms with Gasteiger partial charge in [0.05, 0.1) is 18.8 Å². The Morgan fingerprint density at radius 3 is 2.30 bits per heavy atom. The van der Waals surface area contributed by atoms with Crippen LogP contribution < -0.4 is 11.1 Å². The number of amides is 3. The first kappa shape index (κ1) is 34.0. The second kappa shape index (κ2) is 14.3. The normalized spacial score (nSPS) is 18.8. The van der Waals surface area contributed by atoms with Gasteiger partial charge in [-0.2, -0.15) is 4.31 Å². The van der Waals surface area contributed by atoms with Crippen molar-refractivity contribution < 1.29 is 32.3 Å². The van der Waals surface area contributed by atoms with Crippen LogP contribution in [-0.4, -0.2) is 104 Å². The maximum atomic E-state index is 13.9. The van der Waals surface area contributed by atoms with E-state index in [1.807, 2.05) is 30.3 Å². The van der Waals surface area contributed by atoms with E-state index in [9.17, 15) is 27.6 Å². The zero-order chi connectivity index (χ0) is 31.9. The number of nitrogens with two attached hydrogens (primary N) is 1. The first-order chi connectivity index (χ1) is 20.1. The molecular weight excluding hydrogens is 576 g/mol. The van der Waals surface area contributed by atoms with Crippen LogP contribution in [0.1, 0.15) is 51.5 Å². The third kappa shape index (κ3) is 8.99. The lowest BCUT2D eigenvalue weighted by Crippen LogP contribution is -2.56.